The number of aryl methyl sites for hydroxylation is 2. The smallest absolute Gasteiger partial charge is 0.220 e. The molecule has 0 aliphatic heterocycles. The molecule has 1 atom stereocenters. The second-order valence-electron chi connectivity index (χ2n) is 6.43. The molecule has 0 saturated carbocycles. The van der Waals surface area contributed by atoms with Crippen molar-refractivity contribution in [3.8, 4) is 5.75 Å². The number of fused-ring (bicyclic) bond motifs is 1. The van der Waals surface area contributed by atoms with Gasteiger partial charge in [0, 0.05) is 6.42 Å². The number of nitrogens with one attached hydrogen (secondary N) is 1. The lowest BCUT2D eigenvalue weighted by Crippen LogP contribution is -2.31. The summed E-state index contributed by atoms with van der Waals surface area (Å²) in [4.78, 5) is 12.2. The summed E-state index contributed by atoms with van der Waals surface area (Å²) in [5, 5.41) is 3.19. The summed E-state index contributed by atoms with van der Waals surface area (Å²) in [6, 6.07) is 16.6. The zero-order chi connectivity index (χ0) is 16.8. The van der Waals surface area contributed by atoms with Crippen LogP contribution in [-0.2, 0) is 11.2 Å². The van der Waals surface area contributed by atoms with Gasteiger partial charge in [0.05, 0.1) is 12.6 Å². The Morgan fingerprint density at radius 3 is 2.83 bits per heavy atom. The lowest BCUT2D eigenvalue weighted by atomic mass is 9.87. The molecule has 3 nitrogen and oxygen atoms in total. The topological polar surface area (TPSA) is 38.3 Å². The molecule has 126 valence electrons. The van der Waals surface area contributed by atoms with E-state index in [9.17, 15) is 4.79 Å². The number of rotatable bonds is 6. The van der Waals surface area contributed by atoms with Gasteiger partial charge >= 0.3 is 0 Å². The average molecular weight is 323 g/mol. The molecule has 0 bridgehead atoms. The quantitative estimate of drug-likeness (QED) is 0.803. The van der Waals surface area contributed by atoms with Crippen LogP contribution in [0.3, 0.4) is 0 Å². The summed E-state index contributed by atoms with van der Waals surface area (Å²) < 4.78 is 5.75. The molecular weight excluding hydrogens is 298 g/mol. The molecule has 1 amide bonds. The van der Waals surface area contributed by atoms with Gasteiger partial charge in [0.1, 0.15) is 5.75 Å². The van der Waals surface area contributed by atoms with Gasteiger partial charge in [-0.05, 0) is 55.4 Å². The van der Waals surface area contributed by atoms with E-state index in [1.165, 1.54) is 11.1 Å². The Morgan fingerprint density at radius 2 is 1.96 bits per heavy atom. The Labute approximate surface area is 144 Å². The maximum Gasteiger partial charge on any atom is 0.220 e. The molecule has 24 heavy (non-hydrogen) atoms. The third kappa shape index (κ3) is 4.16. The van der Waals surface area contributed by atoms with Crippen LogP contribution in [0.1, 0.15) is 48.4 Å². The SMILES string of the molecule is Cc1ccccc1OCCCC(=O)NC1CCCc2ccccc21. The zero-order valence-electron chi connectivity index (χ0n) is 14.3. The Morgan fingerprint density at radius 1 is 1.17 bits per heavy atom. The van der Waals surface area contributed by atoms with Gasteiger partial charge in [0.25, 0.3) is 0 Å². The van der Waals surface area contributed by atoms with Crippen molar-refractivity contribution < 1.29 is 9.53 Å². The first-order valence-electron chi connectivity index (χ1n) is 8.79. The highest BCUT2D eigenvalue weighted by Gasteiger charge is 2.20. The van der Waals surface area contributed by atoms with E-state index >= 15 is 0 Å². The van der Waals surface area contributed by atoms with Crippen LogP contribution in [0.15, 0.2) is 48.5 Å². The number of benzene rings is 2. The van der Waals surface area contributed by atoms with Crippen molar-refractivity contribution in [1.29, 1.82) is 0 Å². The lowest BCUT2D eigenvalue weighted by molar-refractivity contribution is -0.122. The van der Waals surface area contributed by atoms with Gasteiger partial charge in [0.15, 0.2) is 0 Å². The molecule has 0 spiro atoms. The maximum absolute atomic E-state index is 12.2. The minimum Gasteiger partial charge on any atom is -0.493 e. The summed E-state index contributed by atoms with van der Waals surface area (Å²) in [5.74, 6) is 1.02. The molecule has 0 fully saturated rings. The van der Waals surface area contributed by atoms with Gasteiger partial charge in [-0.2, -0.15) is 0 Å². The Kier molecular flexibility index (Phi) is 5.52. The Balaban J connectivity index is 1.44. The monoisotopic (exact) mass is 323 g/mol. The number of hydrogen-bond donors (Lipinski definition) is 1. The number of carbonyl (C=O) groups excluding carboxylic acids is 1. The van der Waals surface area contributed by atoms with Gasteiger partial charge in [-0.3, -0.25) is 4.79 Å². The second-order valence-corrected chi connectivity index (χ2v) is 6.43. The summed E-state index contributed by atoms with van der Waals surface area (Å²) in [7, 11) is 0. The predicted octanol–water partition coefficient (Wildman–Crippen LogP) is 4.35. The number of amides is 1. The van der Waals surface area contributed by atoms with E-state index in [2.05, 4.69) is 29.6 Å². The van der Waals surface area contributed by atoms with E-state index in [-0.39, 0.29) is 11.9 Å². The van der Waals surface area contributed by atoms with Crippen molar-refractivity contribution in [2.75, 3.05) is 6.61 Å². The fourth-order valence-electron chi connectivity index (χ4n) is 3.30. The second kappa shape index (κ2) is 8.00. The van der Waals surface area contributed by atoms with Crippen molar-refractivity contribution in [2.45, 2.75) is 45.1 Å². The van der Waals surface area contributed by atoms with Crippen LogP contribution >= 0.6 is 0 Å². The van der Waals surface area contributed by atoms with Crippen molar-refractivity contribution in [1.82, 2.24) is 5.32 Å². The summed E-state index contributed by atoms with van der Waals surface area (Å²) in [6.07, 6.45) is 4.52. The van der Waals surface area contributed by atoms with E-state index in [0.717, 1.165) is 37.0 Å². The molecule has 2 aromatic carbocycles. The molecule has 3 rings (SSSR count). The number of hydrogen-bond acceptors (Lipinski definition) is 2. The van der Waals surface area contributed by atoms with Crippen LogP contribution in [0.25, 0.3) is 0 Å². The number of para-hydroxylation sites is 1. The number of ether oxygens (including phenoxy) is 1. The van der Waals surface area contributed by atoms with Crippen LogP contribution < -0.4 is 10.1 Å². The molecule has 0 heterocycles. The van der Waals surface area contributed by atoms with Gasteiger partial charge in [-0.15, -0.1) is 0 Å². The summed E-state index contributed by atoms with van der Waals surface area (Å²) in [6.45, 7) is 2.60. The van der Waals surface area contributed by atoms with Gasteiger partial charge in [-0.25, -0.2) is 0 Å². The Bertz CT molecular complexity index is 696. The van der Waals surface area contributed by atoms with Crippen LogP contribution in [-0.4, -0.2) is 12.5 Å². The Hall–Kier alpha value is -2.29. The third-order valence-electron chi connectivity index (χ3n) is 4.60. The normalized spacial score (nSPS) is 16.3. The van der Waals surface area contributed by atoms with E-state index < -0.39 is 0 Å². The van der Waals surface area contributed by atoms with E-state index in [4.69, 9.17) is 4.74 Å². The summed E-state index contributed by atoms with van der Waals surface area (Å²) >= 11 is 0. The molecule has 2 aromatic rings. The van der Waals surface area contributed by atoms with Crippen molar-refractivity contribution in [3.63, 3.8) is 0 Å². The highest BCUT2D eigenvalue weighted by molar-refractivity contribution is 5.76. The average Bonchev–Trinajstić information content (AvgIpc) is 2.60. The largest absolute Gasteiger partial charge is 0.493 e. The standard InChI is InChI=1S/C21H25NO2/c1-16-8-2-5-13-20(16)24-15-7-14-21(23)22-19-12-6-10-17-9-3-4-11-18(17)19/h2-5,8-9,11,13,19H,6-7,10,12,14-15H2,1H3,(H,22,23). The molecule has 0 saturated heterocycles. The van der Waals surface area contributed by atoms with E-state index in [0.29, 0.717) is 13.0 Å². The van der Waals surface area contributed by atoms with Crippen LogP contribution in [0.2, 0.25) is 0 Å². The first kappa shape index (κ1) is 16.6. The molecular formula is C21H25NO2. The van der Waals surface area contributed by atoms with Crippen LogP contribution in [0.4, 0.5) is 0 Å². The number of carbonyl (C=O) groups is 1. The van der Waals surface area contributed by atoms with Gasteiger partial charge in [0.2, 0.25) is 5.91 Å². The maximum atomic E-state index is 12.2. The zero-order valence-corrected chi connectivity index (χ0v) is 14.3. The first-order valence-corrected chi connectivity index (χ1v) is 8.79. The molecule has 1 aliphatic rings. The first-order chi connectivity index (χ1) is 11.7. The van der Waals surface area contributed by atoms with E-state index in [1.54, 1.807) is 0 Å². The molecule has 3 heteroatoms. The summed E-state index contributed by atoms with van der Waals surface area (Å²) in [5.41, 5.74) is 3.78. The van der Waals surface area contributed by atoms with Gasteiger partial charge in [-0.1, -0.05) is 42.5 Å². The molecule has 1 N–H and O–H groups in total. The van der Waals surface area contributed by atoms with Crippen molar-refractivity contribution in [2.24, 2.45) is 0 Å². The molecule has 0 radical (unpaired) electrons. The third-order valence-corrected chi connectivity index (χ3v) is 4.60. The van der Waals surface area contributed by atoms with Gasteiger partial charge < -0.3 is 10.1 Å². The predicted molar refractivity (Wildman–Crippen MR) is 96.2 cm³/mol. The van der Waals surface area contributed by atoms with Crippen molar-refractivity contribution >= 4 is 5.91 Å². The lowest BCUT2D eigenvalue weighted by Gasteiger charge is -2.26. The molecule has 1 unspecified atom stereocenters. The molecule has 1 aliphatic carbocycles. The van der Waals surface area contributed by atoms with Crippen LogP contribution in [0.5, 0.6) is 5.75 Å². The van der Waals surface area contributed by atoms with Crippen LogP contribution in [0, 0.1) is 6.92 Å². The highest BCUT2D eigenvalue weighted by Crippen LogP contribution is 2.29. The molecule has 0 aromatic heterocycles. The highest BCUT2D eigenvalue weighted by atomic mass is 16.5. The fourth-order valence-corrected chi connectivity index (χ4v) is 3.30. The van der Waals surface area contributed by atoms with Crippen molar-refractivity contribution in [3.05, 3.63) is 65.2 Å². The van der Waals surface area contributed by atoms with E-state index in [1.807, 2.05) is 31.2 Å². The minimum absolute atomic E-state index is 0.116. The minimum atomic E-state index is 0.116. The fraction of sp³-hybridized carbons (Fsp3) is 0.381.